The quantitative estimate of drug-likeness (QED) is 0.774. The van der Waals surface area contributed by atoms with E-state index in [1.807, 2.05) is 30.2 Å². The number of rotatable bonds is 2. The second-order valence-electron chi connectivity index (χ2n) is 4.05. The van der Waals surface area contributed by atoms with E-state index in [9.17, 15) is 0 Å². The van der Waals surface area contributed by atoms with Crippen molar-refractivity contribution in [2.45, 2.75) is 0 Å². The maximum absolute atomic E-state index is 6.17. The Balaban J connectivity index is 2.33. The molecular weight excluding hydrogens is 293 g/mol. The molecule has 0 atom stereocenters. The van der Waals surface area contributed by atoms with Crippen LogP contribution in [0.2, 0.25) is 15.1 Å². The van der Waals surface area contributed by atoms with Crippen LogP contribution in [0.15, 0.2) is 23.2 Å². The second-order valence-corrected chi connectivity index (χ2v) is 5.27. The molecule has 0 spiro atoms. The van der Waals surface area contributed by atoms with Crippen LogP contribution in [0.4, 0.5) is 0 Å². The van der Waals surface area contributed by atoms with Crippen LogP contribution in [-0.2, 0) is 0 Å². The van der Waals surface area contributed by atoms with Crippen LogP contribution in [0.25, 0.3) is 5.70 Å². The average Bonchev–Trinajstić information content (AvgIpc) is 2.34. The van der Waals surface area contributed by atoms with Gasteiger partial charge in [-0.3, -0.25) is 5.01 Å². The first kappa shape index (κ1) is 13.7. The fourth-order valence-corrected chi connectivity index (χ4v) is 2.30. The summed E-state index contributed by atoms with van der Waals surface area (Å²) in [6, 6.07) is 3.39. The van der Waals surface area contributed by atoms with Gasteiger partial charge in [0.2, 0.25) is 0 Å². The fourth-order valence-electron chi connectivity index (χ4n) is 1.60. The Kier molecular flexibility index (Phi) is 4.17. The monoisotopic (exact) mass is 303 g/mol. The van der Waals surface area contributed by atoms with Crippen molar-refractivity contribution in [3.8, 4) is 0 Å². The predicted molar refractivity (Wildman–Crippen MR) is 78.3 cm³/mol. The minimum absolute atomic E-state index is 0.435. The van der Waals surface area contributed by atoms with Crippen LogP contribution in [0.5, 0.6) is 0 Å². The summed E-state index contributed by atoms with van der Waals surface area (Å²) < 4.78 is 0. The van der Waals surface area contributed by atoms with Crippen molar-refractivity contribution in [1.29, 1.82) is 0 Å². The van der Waals surface area contributed by atoms with Gasteiger partial charge in [0.25, 0.3) is 0 Å². The molecular formula is C12H12Cl3N3. The first-order valence-electron chi connectivity index (χ1n) is 5.32. The summed E-state index contributed by atoms with van der Waals surface area (Å²) in [5.74, 6) is 0. The smallest absolute Gasteiger partial charge is 0.106 e. The van der Waals surface area contributed by atoms with Crippen LogP contribution in [0, 0.1) is 0 Å². The van der Waals surface area contributed by atoms with E-state index in [1.54, 1.807) is 18.5 Å². The molecule has 0 saturated heterocycles. The third-order valence-electron chi connectivity index (χ3n) is 2.58. The molecule has 0 aromatic heterocycles. The van der Waals surface area contributed by atoms with E-state index < -0.39 is 0 Å². The molecule has 0 fully saturated rings. The Labute approximate surface area is 121 Å². The highest BCUT2D eigenvalue weighted by atomic mass is 35.5. The lowest BCUT2D eigenvalue weighted by atomic mass is 10.1. The normalized spacial score (nSPS) is 15.2. The van der Waals surface area contributed by atoms with E-state index in [4.69, 9.17) is 34.8 Å². The summed E-state index contributed by atoms with van der Waals surface area (Å²) >= 11 is 18.2. The van der Waals surface area contributed by atoms with Gasteiger partial charge in [0, 0.05) is 24.7 Å². The molecule has 0 amide bonds. The van der Waals surface area contributed by atoms with Crippen LogP contribution in [-0.4, -0.2) is 37.0 Å². The maximum atomic E-state index is 6.17. The zero-order valence-corrected chi connectivity index (χ0v) is 12.3. The van der Waals surface area contributed by atoms with Crippen molar-refractivity contribution in [3.63, 3.8) is 0 Å². The van der Waals surface area contributed by atoms with Crippen LogP contribution < -0.4 is 0 Å². The van der Waals surface area contributed by atoms with Crippen molar-refractivity contribution in [2.75, 3.05) is 20.6 Å². The minimum Gasteiger partial charge on any atom is -0.292 e. The van der Waals surface area contributed by atoms with Crippen LogP contribution in [0.3, 0.4) is 0 Å². The van der Waals surface area contributed by atoms with Gasteiger partial charge >= 0.3 is 0 Å². The summed E-state index contributed by atoms with van der Waals surface area (Å²) in [5.41, 5.74) is 1.53. The second kappa shape index (κ2) is 5.49. The first-order valence-corrected chi connectivity index (χ1v) is 6.45. The van der Waals surface area contributed by atoms with E-state index in [0.717, 1.165) is 17.8 Å². The molecule has 0 bridgehead atoms. The van der Waals surface area contributed by atoms with Gasteiger partial charge in [0.1, 0.15) is 6.34 Å². The van der Waals surface area contributed by atoms with Crippen LogP contribution >= 0.6 is 34.8 Å². The summed E-state index contributed by atoms with van der Waals surface area (Å²) in [4.78, 5) is 4.36. The highest BCUT2D eigenvalue weighted by Gasteiger charge is 2.14. The molecule has 1 aromatic rings. The molecule has 18 heavy (non-hydrogen) atoms. The van der Waals surface area contributed by atoms with Gasteiger partial charge in [-0.25, -0.2) is 10.0 Å². The number of nitrogens with zero attached hydrogens (tertiary/aromatic N) is 3. The largest absolute Gasteiger partial charge is 0.292 e. The lowest BCUT2D eigenvalue weighted by molar-refractivity contribution is 0.131. The maximum Gasteiger partial charge on any atom is 0.106 e. The van der Waals surface area contributed by atoms with Gasteiger partial charge in [-0.2, -0.15) is 0 Å². The molecule has 0 saturated carbocycles. The zero-order valence-electron chi connectivity index (χ0n) is 9.99. The van der Waals surface area contributed by atoms with Crippen molar-refractivity contribution in [3.05, 3.63) is 38.8 Å². The Morgan fingerprint density at radius 2 is 1.94 bits per heavy atom. The molecule has 3 nitrogen and oxygen atoms in total. The molecule has 1 aliphatic rings. The number of hydrazine groups is 1. The van der Waals surface area contributed by atoms with E-state index >= 15 is 0 Å². The summed E-state index contributed by atoms with van der Waals surface area (Å²) in [7, 11) is 3.90. The lowest BCUT2D eigenvalue weighted by Crippen LogP contribution is -2.37. The summed E-state index contributed by atoms with van der Waals surface area (Å²) in [6.45, 7) is 0.728. The highest BCUT2D eigenvalue weighted by molar-refractivity contribution is 6.44. The molecule has 0 N–H and O–H groups in total. The molecule has 1 aromatic carbocycles. The highest BCUT2D eigenvalue weighted by Crippen LogP contribution is 2.34. The fraction of sp³-hybridized carbons (Fsp3) is 0.250. The van der Waals surface area contributed by atoms with Crippen molar-refractivity contribution in [2.24, 2.45) is 4.99 Å². The molecule has 1 aliphatic heterocycles. The van der Waals surface area contributed by atoms with Gasteiger partial charge in [-0.05, 0) is 18.2 Å². The van der Waals surface area contributed by atoms with Gasteiger partial charge in [-0.15, -0.1) is 0 Å². The number of hydrogen-bond donors (Lipinski definition) is 0. The summed E-state index contributed by atoms with van der Waals surface area (Å²) in [5, 5.41) is 5.37. The molecule has 96 valence electrons. The van der Waals surface area contributed by atoms with Crippen molar-refractivity contribution in [1.82, 2.24) is 10.0 Å². The molecule has 1 heterocycles. The van der Waals surface area contributed by atoms with E-state index in [2.05, 4.69) is 4.99 Å². The molecule has 2 rings (SSSR count). The zero-order chi connectivity index (χ0) is 13.3. The first-order chi connectivity index (χ1) is 8.49. The van der Waals surface area contributed by atoms with E-state index in [0.29, 0.717) is 15.1 Å². The van der Waals surface area contributed by atoms with Gasteiger partial charge in [-0.1, -0.05) is 34.8 Å². The standard InChI is InChI=1S/C12H12Cl3N3/c1-17(2)18-4-3-11(16-7-18)9-5-8(13)6-10(14)12(9)15/h3,5-7H,4H2,1-2H3. The lowest BCUT2D eigenvalue weighted by Gasteiger charge is -2.27. The third kappa shape index (κ3) is 2.81. The Morgan fingerprint density at radius 3 is 2.50 bits per heavy atom. The number of aliphatic imine (C=N–C) groups is 1. The molecule has 0 unspecified atom stereocenters. The predicted octanol–water partition coefficient (Wildman–Crippen LogP) is 3.81. The average molecular weight is 305 g/mol. The van der Waals surface area contributed by atoms with E-state index in [1.165, 1.54) is 0 Å². The van der Waals surface area contributed by atoms with Gasteiger partial charge < -0.3 is 0 Å². The van der Waals surface area contributed by atoms with Crippen LogP contribution in [0.1, 0.15) is 5.56 Å². The molecule has 0 aliphatic carbocycles. The van der Waals surface area contributed by atoms with Crippen molar-refractivity contribution >= 4 is 46.8 Å². The Bertz CT molecular complexity index is 524. The molecule has 6 heteroatoms. The Morgan fingerprint density at radius 1 is 1.22 bits per heavy atom. The summed E-state index contributed by atoms with van der Waals surface area (Å²) in [6.07, 6.45) is 3.73. The number of halogens is 3. The third-order valence-corrected chi connectivity index (χ3v) is 3.60. The van der Waals surface area contributed by atoms with Gasteiger partial charge in [0.05, 0.1) is 22.3 Å². The molecule has 0 radical (unpaired) electrons. The van der Waals surface area contributed by atoms with E-state index in [-0.39, 0.29) is 0 Å². The topological polar surface area (TPSA) is 18.8 Å². The number of hydrogen-bond acceptors (Lipinski definition) is 3. The number of benzene rings is 1. The van der Waals surface area contributed by atoms with Gasteiger partial charge in [0.15, 0.2) is 0 Å². The SMILES string of the molecule is CN(C)N1C=NC(c2cc(Cl)cc(Cl)c2Cl)=CC1. The van der Waals surface area contributed by atoms with Crippen molar-refractivity contribution < 1.29 is 0 Å². The Hall–Kier alpha value is -0.740. The minimum atomic E-state index is 0.435.